The van der Waals surface area contributed by atoms with E-state index in [-0.39, 0.29) is 18.5 Å². The second kappa shape index (κ2) is 52.5. The van der Waals surface area contributed by atoms with Gasteiger partial charge in [0, 0.05) is 12.8 Å². The van der Waals surface area contributed by atoms with Crippen LogP contribution in [0.15, 0.2) is 0 Å². The number of rotatable bonds is 53. The molecular weight excluding hydrogens is 767 g/mol. The van der Waals surface area contributed by atoms with Gasteiger partial charge in [-0.05, 0) is 25.7 Å². The summed E-state index contributed by atoms with van der Waals surface area (Å²) in [4.78, 5) is 24.4. The molecule has 0 saturated heterocycles. The second-order valence-electron chi connectivity index (χ2n) is 19.6. The summed E-state index contributed by atoms with van der Waals surface area (Å²) in [6.45, 7) is 4.95. The molecule has 1 amide bonds. The molecule has 3 N–H and O–H groups in total. The van der Waals surface area contributed by atoms with Gasteiger partial charge in [-0.3, -0.25) is 9.59 Å². The van der Waals surface area contributed by atoms with E-state index in [1.807, 2.05) is 0 Å². The first-order valence-corrected chi connectivity index (χ1v) is 28.3. The molecule has 6 nitrogen and oxygen atoms in total. The van der Waals surface area contributed by atoms with Crippen LogP contribution in [0.1, 0.15) is 322 Å². The van der Waals surface area contributed by atoms with Crippen molar-refractivity contribution in [3.63, 3.8) is 0 Å². The van der Waals surface area contributed by atoms with Gasteiger partial charge in [0.25, 0.3) is 0 Å². The molecule has 0 aliphatic rings. The first-order valence-electron chi connectivity index (χ1n) is 28.3. The van der Waals surface area contributed by atoms with Crippen molar-refractivity contribution < 1.29 is 24.5 Å². The van der Waals surface area contributed by atoms with Crippen molar-refractivity contribution in [3.8, 4) is 0 Å². The van der Waals surface area contributed by atoms with Crippen molar-refractivity contribution in [2.45, 2.75) is 334 Å². The Morgan fingerprint density at radius 3 is 0.984 bits per heavy atom. The standard InChI is InChI=1S/C56H111NO5/c1-3-5-7-9-11-13-14-30-34-38-42-46-50-56(61)62-51-47-43-39-35-31-28-26-24-22-20-18-16-15-17-19-21-23-25-27-29-33-37-41-45-49-55(60)57-53(52-58)54(59)48-44-40-36-32-12-10-8-6-4-2/h53-54,58-59H,3-52H2,1-2H3,(H,57,60). The molecule has 62 heavy (non-hydrogen) atoms. The molecule has 6 heteroatoms. The second-order valence-corrected chi connectivity index (χ2v) is 19.6. The number of hydrogen-bond donors (Lipinski definition) is 3. The van der Waals surface area contributed by atoms with Gasteiger partial charge in [0.15, 0.2) is 0 Å². The molecule has 0 aromatic heterocycles. The Hall–Kier alpha value is -1.14. The van der Waals surface area contributed by atoms with Gasteiger partial charge in [-0.25, -0.2) is 0 Å². The molecule has 2 atom stereocenters. The minimum absolute atomic E-state index is 0.0165. The highest BCUT2D eigenvalue weighted by molar-refractivity contribution is 5.76. The maximum absolute atomic E-state index is 12.4. The van der Waals surface area contributed by atoms with E-state index in [0.717, 1.165) is 38.5 Å². The van der Waals surface area contributed by atoms with E-state index < -0.39 is 12.1 Å². The summed E-state index contributed by atoms with van der Waals surface area (Å²) in [6.07, 6.45) is 59.6. The Morgan fingerprint density at radius 1 is 0.387 bits per heavy atom. The Morgan fingerprint density at radius 2 is 0.661 bits per heavy atom. The Balaban J connectivity index is 3.32. The van der Waals surface area contributed by atoms with Crippen LogP contribution in [0.2, 0.25) is 0 Å². The van der Waals surface area contributed by atoms with E-state index in [4.69, 9.17) is 4.74 Å². The zero-order valence-corrected chi connectivity index (χ0v) is 42.1. The molecule has 0 aliphatic carbocycles. The fraction of sp³-hybridized carbons (Fsp3) is 0.964. The molecule has 0 rings (SSSR count). The highest BCUT2D eigenvalue weighted by Gasteiger charge is 2.20. The molecule has 2 unspecified atom stereocenters. The quantitative estimate of drug-likeness (QED) is 0.0418. The lowest BCUT2D eigenvalue weighted by Crippen LogP contribution is -2.45. The lowest BCUT2D eigenvalue weighted by molar-refractivity contribution is -0.143. The summed E-state index contributed by atoms with van der Waals surface area (Å²) in [5.41, 5.74) is 0. The summed E-state index contributed by atoms with van der Waals surface area (Å²) in [7, 11) is 0. The van der Waals surface area contributed by atoms with Gasteiger partial charge in [0.1, 0.15) is 0 Å². The third-order valence-electron chi connectivity index (χ3n) is 13.4. The van der Waals surface area contributed by atoms with Crippen molar-refractivity contribution in [2.75, 3.05) is 13.2 Å². The number of aliphatic hydroxyl groups is 2. The maximum Gasteiger partial charge on any atom is 0.305 e. The SMILES string of the molecule is CCCCCCCCCCCCCCC(=O)OCCCCCCCCCCCCCCCCCCCCCCCCCCC(=O)NC(CO)C(O)CCCCCCCCCCC. The Labute approximate surface area is 387 Å². The minimum Gasteiger partial charge on any atom is -0.466 e. The van der Waals surface area contributed by atoms with Crippen LogP contribution < -0.4 is 5.32 Å². The van der Waals surface area contributed by atoms with Gasteiger partial charge < -0.3 is 20.3 Å². The van der Waals surface area contributed by atoms with E-state index in [1.165, 1.54) is 250 Å². The van der Waals surface area contributed by atoms with Crippen LogP contribution in [0, 0.1) is 0 Å². The predicted molar refractivity (Wildman–Crippen MR) is 269 cm³/mol. The van der Waals surface area contributed by atoms with Crippen molar-refractivity contribution in [1.29, 1.82) is 0 Å². The van der Waals surface area contributed by atoms with E-state index in [2.05, 4.69) is 19.2 Å². The molecule has 0 saturated carbocycles. The number of carbonyl (C=O) groups excluding carboxylic acids is 2. The predicted octanol–water partition coefficient (Wildman–Crippen LogP) is 17.1. The average Bonchev–Trinajstić information content (AvgIpc) is 3.27. The zero-order chi connectivity index (χ0) is 45.1. The number of esters is 1. The van der Waals surface area contributed by atoms with Crippen LogP contribution in [-0.2, 0) is 14.3 Å². The number of unbranched alkanes of at least 4 members (excludes halogenated alkanes) is 42. The molecule has 0 bridgehead atoms. The Kier molecular flexibility index (Phi) is 51.5. The molecule has 0 spiro atoms. The molecule has 0 aliphatic heterocycles. The van der Waals surface area contributed by atoms with Crippen molar-refractivity contribution >= 4 is 11.9 Å². The highest BCUT2D eigenvalue weighted by atomic mass is 16.5. The normalized spacial score (nSPS) is 12.5. The maximum atomic E-state index is 12.4. The van der Waals surface area contributed by atoms with Gasteiger partial charge in [0.05, 0.1) is 25.4 Å². The molecular formula is C56H111NO5. The van der Waals surface area contributed by atoms with Gasteiger partial charge in [-0.2, -0.15) is 0 Å². The van der Waals surface area contributed by atoms with Crippen LogP contribution in [0.3, 0.4) is 0 Å². The number of ether oxygens (including phenoxy) is 1. The van der Waals surface area contributed by atoms with Gasteiger partial charge >= 0.3 is 5.97 Å². The smallest absolute Gasteiger partial charge is 0.305 e. The number of hydrogen-bond acceptors (Lipinski definition) is 5. The molecule has 0 heterocycles. The summed E-state index contributed by atoms with van der Waals surface area (Å²) >= 11 is 0. The fourth-order valence-corrected chi connectivity index (χ4v) is 9.05. The molecule has 370 valence electrons. The number of carbonyl (C=O) groups is 2. The number of aliphatic hydroxyl groups excluding tert-OH is 2. The summed E-state index contributed by atoms with van der Waals surface area (Å²) < 4.78 is 5.47. The van der Waals surface area contributed by atoms with Crippen LogP contribution in [0.25, 0.3) is 0 Å². The summed E-state index contributed by atoms with van der Waals surface area (Å²) in [5.74, 6) is -0.0182. The van der Waals surface area contributed by atoms with Gasteiger partial charge in [-0.15, -0.1) is 0 Å². The first-order chi connectivity index (χ1) is 30.5. The van der Waals surface area contributed by atoms with Crippen molar-refractivity contribution in [2.24, 2.45) is 0 Å². The average molecular weight is 879 g/mol. The topological polar surface area (TPSA) is 95.9 Å². The number of nitrogens with one attached hydrogen (secondary N) is 1. The van der Waals surface area contributed by atoms with E-state index in [9.17, 15) is 19.8 Å². The van der Waals surface area contributed by atoms with E-state index in [0.29, 0.717) is 25.9 Å². The van der Waals surface area contributed by atoms with Crippen molar-refractivity contribution in [1.82, 2.24) is 5.32 Å². The molecule has 0 aromatic rings. The molecule has 0 aromatic carbocycles. The van der Waals surface area contributed by atoms with Gasteiger partial charge in [0.2, 0.25) is 5.91 Å². The highest BCUT2D eigenvalue weighted by Crippen LogP contribution is 2.18. The van der Waals surface area contributed by atoms with Crippen molar-refractivity contribution in [3.05, 3.63) is 0 Å². The summed E-state index contributed by atoms with van der Waals surface area (Å²) in [6, 6.07) is -0.536. The Bertz CT molecular complexity index is 882. The lowest BCUT2D eigenvalue weighted by Gasteiger charge is -2.22. The fourth-order valence-electron chi connectivity index (χ4n) is 9.05. The largest absolute Gasteiger partial charge is 0.466 e. The van der Waals surface area contributed by atoms with Crippen LogP contribution in [0.5, 0.6) is 0 Å². The van der Waals surface area contributed by atoms with Crippen LogP contribution in [0.4, 0.5) is 0 Å². The summed E-state index contributed by atoms with van der Waals surface area (Å²) in [5, 5.41) is 23.1. The minimum atomic E-state index is -0.659. The van der Waals surface area contributed by atoms with Gasteiger partial charge in [-0.1, -0.05) is 284 Å². The monoisotopic (exact) mass is 878 g/mol. The molecule has 0 radical (unpaired) electrons. The third-order valence-corrected chi connectivity index (χ3v) is 13.4. The third kappa shape index (κ3) is 48.3. The van der Waals surface area contributed by atoms with E-state index >= 15 is 0 Å². The van der Waals surface area contributed by atoms with Crippen LogP contribution in [-0.4, -0.2) is 47.4 Å². The first kappa shape index (κ1) is 60.9. The van der Waals surface area contributed by atoms with Crippen LogP contribution >= 0.6 is 0 Å². The zero-order valence-electron chi connectivity index (χ0n) is 42.1. The lowest BCUT2D eigenvalue weighted by atomic mass is 10.0. The number of amides is 1. The molecule has 0 fully saturated rings. The van der Waals surface area contributed by atoms with E-state index in [1.54, 1.807) is 0 Å².